The number of carbonyl (C=O) groups is 3. The Bertz CT molecular complexity index is 1360. The second-order valence-corrected chi connectivity index (χ2v) is 12.0. The van der Waals surface area contributed by atoms with Crippen LogP contribution in [0.25, 0.3) is 0 Å². The van der Waals surface area contributed by atoms with Crippen molar-refractivity contribution in [3.63, 3.8) is 0 Å². The molecule has 4 rings (SSSR count). The molecule has 216 valence electrons. The van der Waals surface area contributed by atoms with E-state index >= 15 is 0 Å². The van der Waals surface area contributed by atoms with Crippen LogP contribution in [-0.4, -0.2) is 61.5 Å². The van der Waals surface area contributed by atoms with Gasteiger partial charge < -0.3 is 20.4 Å². The van der Waals surface area contributed by atoms with Crippen molar-refractivity contribution in [1.82, 2.24) is 40.6 Å². The van der Waals surface area contributed by atoms with Crippen molar-refractivity contribution in [3.8, 4) is 0 Å². The Morgan fingerprint density at radius 3 is 2.42 bits per heavy atom. The zero-order valence-electron chi connectivity index (χ0n) is 24.0. The van der Waals surface area contributed by atoms with E-state index in [0.717, 1.165) is 5.56 Å². The normalized spacial score (nSPS) is 21.6. The van der Waals surface area contributed by atoms with Gasteiger partial charge in [0.15, 0.2) is 5.69 Å². The van der Waals surface area contributed by atoms with Crippen molar-refractivity contribution < 1.29 is 18.8 Å². The third-order valence-electron chi connectivity index (χ3n) is 6.69. The predicted octanol–water partition coefficient (Wildman–Crippen LogP) is 2.75. The highest BCUT2D eigenvalue weighted by atomic mass is 32.1. The molecule has 13 heteroatoms. The first-order chi connectivity index (χ1) is 18.9. The maximum atomic E-state index is 13.3. The minimum atomic E-state index is -0.565. The highest BCUT2D eigenvalue weighted by molar-refractivity contribution is 7.09. The van der Waals surface area contributed by atoms with Gasteiger partial charge in [-0.2, -0.15) is 5.10 Å². The molecule has 1 aliphatic rings. The molecule has 4 bridgehead atoms. The van der Waals surface area contributed by atoms with Crippen LogP contribution < -0.4 is 16.0 Å². The monoisotopic (exact) mass is 570 g/mol. The summed E-state index contributed by atoms with van der Waals surface area (Å²) in [6.07, 6.45) is 3.66. The molecule has 3 atom stereocenters. The van der Waals surface area contributed by atoms with Gasteiger partial charge in [0.2, 0.25) is 11.8 Å². The van der Waals surface area contributed by atoms with Crippen molar-refractivity contribution in [2.45, 2.75) is 66.2 Å². The van der Waals surface area contributed by atoms with E-state index in [4.69, 9.17) is 4.42 Å². The summed E-state index contributed by atoms with van der Waals surface area (Å²) in [4.78, 5) is 50.7. The van der Waals surface area contributed by atoms with Crippen molar-refractivity contribution in [2.75, 3.05) is 13.1 Å². The molecule has 0 aromatic carbocycles. The molecule has 4 heterocycles. The van der Waals surface area contributed by atoms with E-state index < -0.39 is 6.04 Å². The lowest BCUT2D eigenvalue weighted by molar-refractivity contribution is -0.123. The van der Waals surface area contributed by atoms with E-state index in [1.54, 1.807) is 23.2 Å². The minimum absolute atomic E-state index is 0.0405. The van der Waals surface area contributed by atoms with Gasteiger partial charge in [-0.05, 0) is 25.7 Å². The van der Waals surface area contributed by atoms with Crippen LogP contribution >= 0.6 is 11.3 Å². The van der Waals surface area contributed by atoms with Gasteiger partial charge in [0.1, 0.15) is 22.5 Å². The molecule has 1 aliphatic heterocycles. The molecule has 0 aliphatic carbocycles. The van der Waals surface area contributed by atoms with Crippen LogP contribution in [0.15, 0.2) is 22.2 Å². The van der Waals surface area contributed by atoms with Gasteiger partial charge in [-0.1, -0.05) is 27.7 Å². The van der Waals surface area contributed by atoms with Crippen LogP contribution in [0.2, 0.25) is 0 Å². The Kier molecular flexibility index (Phi) is 9.04. The lowest BCUT2D eigenvalue weighted by atomic mass is 10.0. The molecule has 0 saturated carbocycles. The summed E-state index contributed by atoms with van der Waals surface area (Å²) in [6.45, 7) is 12.4. The first-order valence-corrected chi connectivity index (χ1v) is 14.3. The van der Waals surface area contributed by atoms with Crippen molar-refractivity contribution in [1.29, 1.82) is 0 Å². The Morgan fingerprint density at radius 1 is 1.05 bits per heavy atom. The Labute approximate surface area is 237 Å². The summed E-state index contributed by atoms with van der Waals surface area (Å²) in [5.41, 5.74) is 1.36. The van der Waals surface area contributed by atoms with Gasteiger partial charge in [-0.15, -0.1) is 11.3 Å². The van der Waals surface area contributed by atoms with Gasteiger partial charge in [-0.25, -0.2) is 9.97 Å². The lowest BCUT2D eigenvalue weighted by Crippen LogP contribution is -2.46. The fourth-order valence-electron chi connectivity index (χ4n) is 4.68. The number of carbonyl (C=O) groups excluding carboxylic acids is 3. The topological polar surface area (TPSA) is 147 Å². The molecule has 0 radical (unpaired) electrons. The second-order valence-electron chi connectivity index (χ2n) is 11.1. The molecule has 3 aromatic heterocycles. The van der Waals surface area contributed by atoms with Gasteiger partial charge in [-0.3, -0.25) is 24.0 Å². The smallest absolute Gasteiger partial charge is 0.273 e. The minimum Gasteiger partial charge on any atom is -0.443 e. The highest BCUT2D eigenvalue weighted by Gasteiger charge is 2.30. The molecule has 0 spiro atoms. The fourth-order valence-corrected chi connectivity index (χ4v) is 5.70. The zero-order valence-corrected chi connectivity index (χ0v) is 24.8. The highest BCUT2D eigenvalue weighted by Crippen LogP contribution is 2.27. The van der Waals surface area contributed by atoms with Gasteiger partial charge in [0, 0.05) is 43.3 Å². The van der Waals surface area contributed by atoms with Crippen LogP contribution in [0.1, 0.15) is 89.9 Å². The summed E-state index contributed by atoms with van der Waals surface area (Å²) in [6, 6.07) is -1.24. The third kappa shape index (κ3) is 6.94. The van der Waals surface area contributed by atoms with Crippen LogP contribution in [0.4, 0.5) is 0 Å². The maximum Gasteiger partial charge on any atom is 0.273 e. The quantitative estimate of drug-likeness (QED) is 0.434. The Hall–Kier alpha value is -3.58. The number of nitrogens with one attached hydrogen (secondary N) is 3. The largest absolute Gasteiger partial charge is 0.443 e. The number of nitrogens with zero attached hydrogens (tertiary/aromatic N) is 5. The van der Waals surface area contributed by atoms with Crippen LogP contribution in [-0.2, 0) is 18.4 Å². The van der Waals surface area contributed by atoms with E-state index in [-0.39, 0.29) is 65.5 Å². The third-order valence-corrected chi connectivity index (χ3v) is 7.62. The zero-order chi connectivity index (χ0) is 29.1. The molecular formula is C27H38N8O4S. The second kappa shape index (κ2) is 12.3. The Morgan fingerprint density at radius 2 is 1.77 bits per heavy atom. The van der Waals surface area contributed by atoms with Crippen LogP contribution in [0.3, 0.4) is 0 Å². The van der Waals surface area contributed by atoms with Crippen molar-refractivity contribution in [2.24, 2.45) is 18.9 Å². The van der Waals surface area contributed by atoms with E-state index in [9.17, 15) is 14.4 Å². The summed E-state index contributed by atoms with van der Waals surface area (Å²) >= 11 is 1.33. The molecule has 40 heavy (non-hydrogen) atoms. The number of amides is 3. The molecule has 0 fully saturated rings. The first-order valence-electron chi connectivity index (χ1n) is 13.4. The average molecular weight is 571 g/mol. The first kappa shape index (κ1) is 29.4. The summed E-state index contributed by atoms with van der Waals surface area (Å²) in [5.74, 6) is -0.345. The fraction of sp³-hybridized carbons (Fsp3) is 0.556. The predicted molar refractivity (Wildman–Crippen MR) is 150 cm³/mol. The van der Waals surface area contributed by atoms with E-state index in [2.05, 4.69) is 31.0 Å². The molecule has 3 amide bonds. The van der Waals surface area contributed by atoms with Crippen LogP contribution in [0.5, 0.6) is 0 Å². The molecule has 0 saturated heterocycles. The molecular weight excluding hydrogens is 532 g/mol. The van der Waals surface area contributed by atoms with Crippen LogP contribution in [0, 0.1) is 18.8 Å². The number of hydrogen-bond donors (Lipinski definition) is 3. The number of aryl methyl sites for hydroxylation is 2. The van der Waals surface area contributed by atoms with Crippen molar-refractivity contribution in [3.05, 3.63) is 51.4 Å². The van der Waals surface area contributed by atoms with E-state index in [1.807, 2.05) is 52.8 Å². The van der Waals surface area contributed by atoms with Crippen molar-refractivity contribution >= 4 is 29.1 Å². The van der Waals surface area contributed by atoms with Gasteiger partial charge >= 0.3 is 0 Å². The summed E-state index contributed by atoms with van der Waals surface area (Å²) in [5, 5.41) is 15.6. The number of fused-ring (bicyclic) bond motifs is 4. The molecule has 3 N–H and O–H groups in total. The summed E-state index contributed by atoms with van der Waals surface area (Å²) in [7, 11) is 1.84. The number of aromatic nitrogens is 4. The molecule has 12 nitrogen and oxygen atoms in total. The van der Waals surface area contributed by atoms with Gasteiger partial charge in [0.05, 0.1) is 18.8 Å². The maximum absolute atomic E-state index is 13.3. The average Bonchev–Trinajstić information content (AvgIpc) is 3.60. The number of oxazole rings is 1. The molecule has 3 aromatic rings. The number of thiazole rings is 1. The summed E-state index contributed by atoms with van der Waals surface area (Å²) < 4.78 is 7.59. The SMILES string of the molecule is Cc1oc2nc1C(=O)N[C@H](C)CN(Cc1cnn(C)c1)CC(=O)N[C@@H](C(C)C)c1nc(cs1)C(=O)N[C@@H]2C(C)C. The van der Waals surface area contributed by atoms with E-state index in [0.29, 0.717) is 23.9 Å². The Balaban J connectivity index is 1.70. The molecule has 0 unspecified atom stereocenters. The van der Waals surface area contributed by atoms with Gasteiger partial charge in [0.25, 0.3) is 11.8 Å². The van der Waals surface area contributed by atoms with E-state index in [1.165, 1.54) is 11.3 Å². The number of hydrogen-bond acceptors (Lipinski definition) is 9. The standard InChI is InChI=1S/C27H38N8O4S/c1-14(2)21-26-33-23(17(6)39-26)25(38)29-16(5)9-35(11-18-8-28-34(7)10-18)12-20(36)31-22(15(3)4)27-30-19(13-40-27)24(37)32-21/h8,10,13-16,21-22H,9,11-12H2,1-7H3,(H,29,38)(H,31,36)(H,32,37)/t16-,21-,22+/m1/s1. The number of rotatable bonds is 4. The lowest BCUT2D eigenvalue weighted by Gasteiger charge is -2.27.